The molecule has 2 nitrogen and oxygen atoms in total. The quantitative estimate of drug-likeness (QED) is 0.277. The molecule has 2 heteroatoms. The second kappa shape index (κ2) is 4.99. The molecule has 6 aromatic rings. The van der Waals surface area contributed by atoms with Crippen LogP contribution in [0, 0.1) is 0 Å². The maximum absolute atomic E-state index is 6.42. The van der Waals surface area contributed by atoms with Crippen LogP contribution < -0.4 is 0 Å². The number of furan rings is 1. The number of benzene rings is 4. The van der Waals surface area contributed by atoms with Gasteiger partial charge in [-0.15, -0.1) is 0 Å². The summed E-state index contributed by atoms with van der Waals surface area (Å²) in [7, 11) is 0. The van der Waals surface area contributed by atoms with Crippen molar-refractivity contribution in [3.05, 3.63) is 90.1 Å². The first-order chi connectivity index (χ1) is 13.9. The lowest BCUT2D eigenvalue weighted by molar-refractivity contribution is 0.664. The Hall–Kier alpha value is -3.65. The molecular weight excluding hydrogens is 342 g/mol. The van der Waals surface area contributed by atoms with E-state index in [0.29, 0.717) is 0 Å². The number of rotatable bonds is 0. The van der Waals surface area contributed by atoms with Gasteiger partial charge in [-0.1, -0.05) is 60.7 Å². The van der Waals surface area contributed by atoms with E-state index in [2.05, 4.69) is 60.7 Å². The Bertz CT molecular complexity index is 1590. The fourth-order valence-corrected chi connectivity index (χ4v) is 4.98. The minimum atomic E-state index is 0.857. The van der Waals surface area contributed by atoms with Gasteiger partial charge in [0.05, 0.1) is 5.39 Å². The second-order valence-electron chi connectivity index (χ2n) is 7.55. The molecule has 7 rings (SSSR count). The zero-order chi connectivity index (χ0) is 18.2. The van der Waals surface area contributed by atoms with E-state index in [1.54, 1.807) is 0 Å². The van der Waals surface area contributed by atoms with E-state index in [1.807, 2.05) is 18.3 Å². The Kier molecular flexibility index (Phi) is 2.57. The van der Waals surface area contributed by atoms with Gasteiger partial charge in [-0.05, 0) is 45.0 Å². The van der Waals surface area contributed by atoms with E-state index in [0.717, 1.165) is 28.5 Å². The Labute approximate surface area is 161 Å². The first kappa shape index (κ1) is 14.4. The highest BCUT2D eigenvalue weighted by Crippen LogP contribution is 2.49. The first-order valence-electron chi connectivity index (χ1n) is 9.62. The van der Waals surface area contributed by atoms with Crippen molar-refractivity contribution >= 4 is 43.6 Å². The lowest BCUT2D eigenvalue weighted by atomic mass is 9.91. The molecule has 0 saturated carbocycles. The van der Waals surface area contributed by atoms with Crippen LogP contribution in [0.3, 0.4) is 0 Å². The molecule has 0 amide bonds. The van der Waals surface area contributed by atoms with Gasteiger partial charge in [0.2, 0.25) is 0 Å². The zero-order valence-electron chi connectivity index (χ0n) is 15.1. The van der Waals surface area contributed by atoms with Gasteiger partial charge in [0, 0.05) is 23.6 Å². The molecule has 0 fully saturated rings. The number of hydrogen-bond acceptors (Lipinski definition) is 2. The standard InChI is InChI=1S/C26H15NO/c1-3-8-17-15(6-1)11-12-19-22-18-9-4-2-7-16(18)14-20(22)26-24(23(17)19)25-21(28-26)10-5-13-27-25/h1-13H,14H2. The van der Waals surface area contributed by atoms with Gasteiger partial charge >= 0.3 is 0 Å². The summed E-state index contributed by atoms with van der Waals surface area (Å²) in [4.78, 5) is 4.71. The lowest BCUT2D eigenvalue weighted by Crippen LogP contribution is -1.87. The molecule has 1 aliphatic rings. The Morgan fingerprint density at radius 1 is 0.750 bits per heavy atom. The molecule has 0 unspecified atom stereocenters. The zero-order valence-corrected chi connectivity index (χ0v) is 15.1. The van der Waals surface area contributed by atoms with Gasteiger partial charge in [-0.2, -0.15) is 0 Å². The number of hydrogen-bond donors (Lipinski definition) is 0. The van der Waals surface area contributed by atoms with Gasteiger partial charge in [-0.25, -0.2) is 0 Å². The summed E-state index contributed by atoms with van der Waals surface area (Å²) in [5, 5.41) is 6.19. The van der Waals surface area contributed by atoms with E-state index in [4.69, 9.17) is 9.40 Å². The predicted octanol–water partition coefficient (Wildman–Crippen LogP) is 6.86. The summed E-state index contributed by atoms with van der Waals surface area (Å²) < 4.78 is 6.42. The second-order valence-corrected chi connectivity index (χ2v) is 7.55. The molecule has 4 aromatic carbocycles. The molecule has 28 heavy (non-hydrogen) atoms. The van der Waals surface area contributed by atoms with Crippen LogP contribution >= 0.6 is 0 Å². The van der Waals surface area contributed by atoms with Crippen LogP contribution in [0.15, 0.2) is 83.4 Å². The fourth-order valence-electron chi connectivity index (χ4n) is 4.98. The topological polar surface area (TPSA) is 26.0 Å². The van der Waals surface area contributed by atoms with E-state index in [-0.39, 0.29) is 0 Å². The van der Waals surface area contributed by atoms with Crippen LogP contribution in [-0.2, 0) is 6.42 Å². The molecule has 0 aliphatic heterocycles. The van der Waals surface area contributed by atoms with E-state index in [9.17, 15) is 0 Å². The minimum absolute atomic E-state index is 0.857. The molecule has 0 saturated heterocycles. The van der Waals surface area contributed by atoms with E-state index >= 15 is 0 Å². The van der Waals surface area contributed by atoms with Gasteiger partial charge in [0.25, 0.3) is 0 Å². The highest BCUT2D eigenvalue weighted by atomic mass is 16.3. The first-order valence-corrected chi connectivity index (χ1v) is 9.62. The SMILES string of the molecule is c1ccc2c(c1)Cc1c-2c2ccc3ccccc3c2c2c1oc1cccnc12. The molecule has 2 aromatic heterocycles. The summed E-state index contributed by atoms with van der Waals surface area (Å²) in [5.41, 5.74) is 8.11. The molecular formula is C26H15NO. The summed E-state index contributed by atoms with van der Waals surface area (Å²) >= 11 is 0. The third-order valence-corrected chi connectivity index (χ3v) is 6.12. The molecule has 2 heterocycles. The maximum Gasteiger partial charge on any atom is 0.153 e. The average Bonchev–Trinajstić information content (AvgIpc) is 3.32. The maximum atomic E-state index is 6.42. The van der Waals surface area contributed by atoms with Crippen LogP contribution in [0.5, 0.6) is 0 Å². The van der Waals surface area contributed by atoms with Crippen molar-refractivity contribution in [2.75, 3.05) is 0 Å². The summed E-state index contributed by atoms with van der Waals surface area (Å²) in [6, 6.07) is 25.8. The normalized spacial score (nSPS) is 12.9. The van der Waals surface area contributed by atoms with Crippen molar-refractivity contribution in [1.82, 2.24) is 4.98 Å². The Morgan fingerprint density at radius 3 is 2.64 bits per heavy atom. The van der Waals surface area contributed by atoms with Crippen LogP contribution in [0.2, 0.25) is 0 Å². The number of fused-ring (bicyclic) bond motifs is 12. The Morgan fingerprint density at radius 2 is 1.64 bits per heavy atom. The molecule has 0 bridgehead atoms. The summed E-state index contributed by atoms with van der Waals surface area (Å²) in [6.07, 6.45) is 2.76. The molecule has 0 radical (unpaired) electrons. The Balaban J connectivity index is 1.85. The van der Waals surface area contributed by atoms with Gasteiger partial charge in [0.1, 0.15) is 11.1 Å². The van der Waals surface area contributed by atoms with Crippen molar-refractivity contribution in [2.45, 2.75) is 6.42 Å². The average molecular weight is 357 g/mol. The van der Waals surface area contributed by atoms with Crippen LogP contribution in [0.1, 0.15) is 11.1 Å². The van der Waals surface area contributed by atoms with Crippen molar-refractivity contribution in [1.29, 1.82) is 0 Å². The molecule has 130 valence electrons. The molecule has 1 aliphatic carbocycles. The highest BCUT2D eigenvalue weighted by molar-refractivity contribution is 6.30. The number of nitrogens with zero attached hydrogens (tertiary/aromatic N) is 1. The van der Waals surface area contributed by atoms with Crippen molar-refractivity contribution in [3.63, 3.8) is 0 Å². The molecule has 0 N–H and O–H groups in total. The van der Waals surface area contributed by atoms with Gasteiger partial charge < -0.3 is 4.42 Å². The van der Waals surface area contributed by atoms with E-state index < -0.39 is 0 Å². The van der Waals surface area contributed by atoms with Gasteiger partial charge in [-0.3, -0.25) is 4.98 Å². The van der Waals surface area contributed by atoms with Gasteiger partial charge in [0.15, 0.2) is 5.58 Å². The minimum Gasteiger partial charge on any atom is -0.454 e. The summed E-state index contributed by atoms with van der Waals surface area (Å²) in [6.45, 7) is 0. The predicted molar refractivity (Wildman–Crippen MR) is 115 cm³/mol. The number of pyridine rings is 1. The molecule has 0 spiro atoms. The van der Waals surface area contributed by atoms with Crippen LogP contribution in [-0.4, -0.2) is 4.98 Å². The van der Waals surface area contributed by atoms with Crippen molar-refractivity contribution in [2.24, 2.45) is 0 Å². The third kappa shape index (κ3) is 1.66. The fraction of sp³-hybridized carbons (Fsp3) is 0.0385. The van der Waals surface area contributed by atoms with E-state index in [1.165, 1.54) is 43.8 Å². The van der Waals surface area contributed by atoms with Crippen LogP contribution in [0.25, 0.3) is 54.7 Å². The lowest BCUT2D eigenvalue weighted by Gasteiger charge is -2.11. The third-order valence-electron chi connectivity index (χ3n) is 6.12. The largest absolute Gasteiger partial charge is 0.454 e. The molecule has 0 atom stereocenters. The van der Waals surface area contributed by atoms with Crippen LogP contribution in [0.4, 0.5) is 0 Å². The smallest absolute Gasteiger partial charge is 0.153 e. The number of aromatic nitrogens is 1. The van der Waals surface area contributed by atoms with Crippen molar-refractivity contribution in [3.8, 4) is 11.1 Å². The van der Waals surface area contributed by atoms with Crippen molar-refractivity contribution < 1.29 is 4.42 Å². The summed E-state index contributed by atoms with van der Waals surface area (Å²) in [5.74, 6) is 0. The monoisotopic (exact) mass is 357 g/mol. The highest BCUT2D eigenvalue weighted by Gasteiger charge is 2.27.